The van der Waals surface area contributed by atoms with Crippen LogP contribution in [0.25, 0.3) is 0 Å². The van der Waals surface area contributed by atoms with Crippen LogP contribution in [-0.2, 0) is 6.42 Å². The summed E-state index contributed by atoms with van der Waals surface area (Å²) >= 11 is 0. The molecular formula is C19H23NO2. The number of fused-ring (bicyclic) bond motifs is 1. The first-order chi connectivity index (χ1) is 10.8. The van der Waals surface area contributed by atoms with E-state index in [1.165, 1.54) is 17.5 Å². The molecule has 3 nitrogen and oxygen atoms in total. The molecule has 116 valence electrons. The van der Waals surface area contributed by atoms with Crippen molar-refractivity contribution in [3.8, 4) is 5.75 Å². The van der Waals surface area contributed by atoms with Crippen molar-refractivity contribution in [2.24, 2.45) is 0 Å². The van der Waals surface area contributed by atoms with Gasteiger partial charge in [0.1, 0.15) is 5.75 Å². The second kappa shape index (κ2) is 6.95. The number of hydrogen-bond donors (Lipinski definition) is 2. The molecule has 1 aliphatic carbocycles. The first-order valence-electron chi connectivity index (χ1n) is 7.91. The zero-order valence-electron chi connectivity index (χ0n) is 13.0. The summed E-state index contributed by atoms with van der Waals surface area (Å²) in [7, 11) is 1.64. The summed E-state index contributed by atoms with van der Waals surface area (Å²) in [5.41, 5.74) is 3.70. The highest BCUT2D eigenvalue weighted by molar-refractivity contribution is 5.33. The fourth-order valence-electron chi connectivity index (χ4n) is 3.19. The number of rotatable bonds is 5. The third-order valence-electron chi connectivity index (χ3n) is 4.41. The predicted molar refractivity (Wildman–Crippen MR) is 88.1 cm³/mol. The van der Waals surface area contributed by atoms with E-state index in [0.29, 0.717) is 12.6 Å². The van der Waals surface area contributed by atoms with E-state index < -0.39 is 6.10 Å². The average Bonchev–Trinajstić information content (AvgIpc) is 2.59. The fraction of sp³-hybridized carbons (Fsp3) is 0.368. The Morgan fingerprint density at radius 3 is 2.95 bits per heavy atom. The molecule has 2 N–H and O–H groups in total. The lowest BCUT2D eigenvalue weighted by Crippen LogP contribution is -2.29. The first-order valence-corrected chi connectivity index (χ1v) is 7.91. The Bertz CT molecular complexity index is 626. The van der Waals surface area contributed by atoms with E-state index in [1.807, 2.05) is 24.3 Å². The van der Waals surface area contributed by atoms with Crippen LogP contribution in [0.4, 0.5) is 0 Å². The molecule has 3 rings (SSSR count). The van der Waals surface area contributed by atoms with Crippen LogP contribution >= 0.6 is 0 Å². The molecule has 1 aliphatic rings. The van der Waals surface area contributed by atoms with Crippen LogP contribution in [-0.4, -0.2) is 18.8 Å². The molecule has 2 unspecified atom stereocenters. The summed E-state index contributed by atoms with van der Waals surface area (Å²) in [4.78, 5) is 0. The van der Waals surface area contributed by atoms with Gasteiger partial charge in [0, 0.05) is 12.6 Å². The molecule has 2 atom stereocenters. The van der Waals surface area contributed by atoms with Gasteiger partial charge in [-0.05, 0) is 48.1 Å². The molecule has 0 bridgehead atoms. The van der Waals surface area contributed by atoms with Gasteiger partial charge >= 0.3 is 0 Å². The van der Waals surface area contributed by atoms with Gasteiger partial charge in [0.05, 0.1) is 13.2 Å². The van der Waals surface area contributed by atoms with E-state index in [-0.39, 0.29) is 0 Å². The minimum atomic E-state index is -0.524. The Morgan fingerprint density at radius 2 is 2.09 bits per heavy atom. The molecule has 0 aromatic heterocycles. The van der Waals surface area contributed by atoms with E-state index in [2.05, 4.69) is 29.6 Å². The number of methoxy groups -OCH3 is 1. The van der Waals surface area contributed by atoms with Crippen molar-refractivity contribution in [1.29, 1.82) is 0 Å². The monoisotopic (exact) mass is 297 g/mol. The van der Waals surface area contributed by atoms with Crippen molar-refractivity contribution in [3.63, 3.8) is 0 Å². The van der Waals surface area contributed by atoms with Crippen molar-refractivity contribution < 1.29 is 9.84 Å². The Labute approximate surface area is 131 Å². The highest BCUT2D eigenvalue weighted by Crippen LogP contribution is 2.30. The Balaban J connectivity index is 1.65. The summed E-state index contributed by atoms with van der Waals surface area (Å²) < 4.78 is 5.21. The predicted octanol–water partition coefficient (Wildman–Crippen LogP) is 3.40. The van der Waals surface area contributed by atoms with Gasteiger partial charge in [0.25, 0.3) is 0 Å². The quantitative estimate of drug-likeness (QED) is 0.889. The number of aryl methyl sites for hydroxylation is 1. The van der Waals surface area contributed by atoms with Crippen LogP contribution in [0.3, 0.4) is 0 Å². The minimum Gasteiger partial charge on any atom is -0.497 e. The maximum atomic E-state index is 10.4. The summed E-state index contributed by atoms with van der Waals surface area (Å²) in [6.07, 6.45) is 2.96. The fourth-order valence-corrected chi connectivity index (χ4v) is 3.19. The van der Waals surface area contributed by atoms with E-state index in [0.717, 1.165) is 24.2 Å². The molecule has 2 aromatic carbocycles. The van der Waals surface area contributed by atoms with E-state index in [9.17, 15) is 5.11 Å². The third-order valence-corrected chi connectivity index (χ3v) is 4.41. The van der Waals surface area contributed by atoms with Crippen molar-refractivity contribution in [3.05, 3.63) is 65.2 Å². The highest BCUT2D eigenvalue weighted by Gasteiger charge is 2.20. The SMILES string of the molecule is COc1cccc(C(O)CNC2CCCc3ccccc32)c1. The summed E-state index contributed by atoms with van der Waals surface area (Å²) in [6.45, 7) is 0.548. The van der Waals surface area contributed by atoms with Crippen LogP contribution in [0.5, 0.6) is 5.75 Å². The zero-order chi connectivity index (χ0) is 15.4. The molecule has 3 heteroatoms. The molecule has 2 aromatic rings. The molecule has 0 amide bonds. The van der Waals surface area contributed by atoms with Gasteiger partial charge in [-0.2, -0.15) is 0 Å². The Morgan fingerprint density at radius 1 is 1.23 bits per heavy atom. The molecule has 0 fully saturated rings. The van der Waals surface area contributed by atoms with Gasteiger partial charge < -0.3 is 15.2 Å². The van der Waals surface area contributed by atoms with Crippen LogP contribution in [0.2, 0.25) is 0 Å². The lowest BCUT2D eigenvalue weighted by molar-refractivity contribution is 0.168. The van der Waals surface area contributed by atoms with Crippen LogP contribution in [0, 0.1) is 0 Å². The lowest BCUT2D eigenvalue weighted by atomic mass is 9.87. The largest absolute Gasteiger partial charge is 0.497 e. The number of benzene rings is 2. The second-order valence-corrected chi connectivity index (χ2v) is 5.84. The van der Waals surface area contributed by atoms with Crippen molar-refractivity contribution >= 4 is 0 Å². The second-order valence-electron chi connectivity index (χ2n) is 5.84. The molecular weight excluding hydrogens is 274 g/mol. The van der Waals surface area contributed by atoms with Gasteiger partial charge in [-0.15, -0.1) is 0 Å². The van der Waals surface area contributed by atoms with Gasteiger partial charge in [-0.25, -0.2) is 0 Å². The number of aliphatic hydroxyl groups excluding tert-OH is 1. The molecule has 0 saturated carbocycles. The smallest absolute Gasteiger partial charge is 0.119 e. The third kappa shape index (κ3) is 3.32. The number of ether oxygens (including phenoxy) is 1. The van der Waals surface area contributed by atoms with E-state index >= 15 is 0 Å². The Hall–Kier alpha value is -1.84. The lowest BCUT2D eigenvalue weighted by Gasteiger charge is -2.27. The summed E-state index contributed by atoms with van der Waals surface area (Å²) in [6, 6.07) is 16.6. The molecule has 0 saturated heterocycles. The Kier molecular flexibility index (Phi) is 4.76. The summed E-state index contributed by atoms with van der Waals surface area (Å²) in [5, 5.41) is 13.9. The van der Waals surface area contributed by atoms with Crippen LogP contribution < -0.4 is 10.1 Å². The molecule has 22 heavy (non-hydrogen) atoms. The van der Waals surface area contributed by atoms with Crippen molar-refractivity contribution in [1.82, 2.24) is 5.32 Å². The first kappa shape index (κ1) is 15.1. The van der Waals surface area contributed by atoms with Gasteiger partial charge in [0.2, 0.25) is 0 Å². The van der Waals surface area contributed by atoms with Crippen LogP contribution in [0.1, 0.15) is 41.7 Å². The molecule has 0 aliphatic heterocycles. The van der Waals surface area contributed by atoms with E-state index in [4.69, 9.17) is 4.74 Å². The van der Waals surface area contributed by atoms with Crippen molar-refractivity contribution in [2.45, 2.75) is 31.4 Å². The molecule has 0 heterocycles. The van der Waals surface area contributed by atoms with Gasteiger partial charge in [0.15, 0.2) is 0 Å². The maximum absolute atomic E-state index is 10.4. The zero-order valence-corrected chi connectivity index (χ0v) is 13.0. The topological polar surface area (TPSA) is 41.5 Å². The number of hydrogen-bond acceptors (Lipinski definition) is 3. The average molecular weight is 297 g/mol. The molecule has 0 spiro atoms. The normalized spacial score (nSPS) is 18.5. The standard InChI is InChI=1S/C19H23NO2/c1-22-16-9-4-8-15(12-16)19(21)13-20-18-11-5-7-14-6-2-3-10-17(14)18/h2-4,6,8-10,12,18-21H,5,7,11,13H2,1H3. The van der Waals surface area contributed by atoms with Crippen LogP contribution in [0.15, 0.2) is 48.5 Å². The number of aliphatic hydroxyl groups is 1. The van der Waals surface area contributed by atoms with Gasteiger partial charge in [-0.3, -0.25) is 0 Å². The van der Waals surface area contributed by atoms with Gasteiger partial charge in [-0.1, -0.05) is 36.4 Å². The number of nitrogens with one attached hydrogen (secondary N) is 1. The highest BCUT2D eigenvalue weighted by atomic mass is 16.5. The minimum absolute atomic E-state index is 0.338. The van der Waals surface area contributed by atoms with E-state index in [1.54, 1.807) is 7.11 Å². The summed E-state index contributed by atoms with van der Waals surface area (Å²) in [5.74, 6) is 0.777. The van der Waals surface area contributed by atoms with Crippen molar-refractivity contribution in [2.75, 3.05) is 13.7 Å². The maximum Gasteiger partial charge on any atom is 0.119 e. The molecule has 0 radical (unpaired) electrons.